The Kier molecular flexibility index (Phi) is 7.49. The molecule has 0 aliphatic rings. The molecule has 0 N–H and O–H groups in total. The summed E-state index contributed by atoms with van der Waals surface area (Å²) >= 11 is 0. The van der Waals surface area contributed by atoms with E-state index in [1.165, 1.54) is 12.5 Å². The minimum Gasteiger partial charge on any atom is -0.427 e. The first kappa shape index (κ1) is 20.1. The molecule has 0 bridgehead atoms. The highest BCUT2D eigenvalue weighted by Gasteiger charge is 2.12. The second-order valence-corrected chi connectivity index (χ2v) is 5.71. The van der Waals surface area contributed by atoms with E-state index >= 15 is 0 Å². The Hall–Kier alpha value is -3.21. The summed E-state index contributed by atoms with van der Waals surface area (Å²) in [5.74, 6) is 0.844. The van der Waals surface area contributed by atoms with E-state index in [1.807, 2.05) is 30.9 Å². The van der Waals surface area contributed by atoms with Crippen molar-refractivity contribution < 1.29 is 9.53 Å². The van der Waals surface area contributed by atoms with E-state index in [0.717, 1.165) is 11.3 Å². The van der Waals surface area contributed by atoms with Gasteiger partial charge in [-0.2, -0.15) is 0 Å². The second-order valence-electron chi connectivity index (χ2n) is 5.71. The Bertz CT molecular complexity index is 832. The lowest BCUT2D eigenvalue weighted by Crippen LogP contribution is -2.18. The Balaban J connectivity index is 0.00000126. The van der Waals surface area contributed by atoms with Crippen molar-refractivity contribution in [3.63, 3.8) is 0 Å². The van der Waals surface area contributed by atoms with Crippen LogP contribution in [0.3, 0.4) is 0 Å². The number of ether oxygens (including phenoxy) is 1. The smallest absolute Gasteiger partial charge is 0.308 e. The molecule has 0 saturated carbocycles. The summed E-state index contributed by atoms with van der Waals surface area (Å²) in [5, 5.41) is 0. The molecule has 0 radical (unpaired) electrons. The maximum atomic E-state index is 11.0. The monoisotopic (exact) mass is 363 g/mol. The number of aryl methyl sites for hydroxylation is 1. The van der Waals surface area contributed by atoms with E-state index in [4.69, 9.17) is 4.74 Å². The van der Waals surface area contributed by atoms with Gasteiger partial charge in [0.1, 0.15) is 5.75 Å². The first-order chi connectivity index (χ1) is 13.1. The first-order valence-electron chi connectivity index (χ1n) is 9.00. The van der Waals surface area contributed by atoms with Crippen molar-refractivity contribution in [3.8, 4) is 5.75 Å². The molecular formula is C22H25N3O2. The summed E-state index contributed by atoms with van der Waals surface area (Å²) in [6.45, 7) is 8.05. The third kappa shape index (κ3) is 5.92. The normalized spacial score (nSPS) is 9.78. The van der Waals surface area contributed by atoms with Gasteiger partial charge in [-0.1, -0.05) is 43.7 Å². The fourth-order valence-electron chi connectivity index (χ4n) is 2.44. The molecule has 0 saturated heterocycles. The van der Waals surface area contributed by atoms with Gasteiger partial charge in [0.05, 0.1) is 6.54 Å². The van der Waals surface area contributed by atoms with Crippen molar-refractivity contribution in [2.45, 2.75) is 34.2 Å². The van der Waals surface area contributed by atoms with Gasteiger partial charge in [-0.3, -0.25) is 4.79 Å². The Morgan fingerprint density at radius 2 is 1.56 bits per heavy atom. The molecule has 0 unspecified atom stereocenters. The number of benzene rings is 2. The standard InChI is InChI=1S/C20H19N3O2.C2H6/c1-15-4-8-18(9-5-15)23(20-21-12-3-13-22-20)14-17-6-10-19(11-7-17)25-16(2)24;1-2/h3-13H,14H2,1-2H3;1-2H3. The molecule has 5 heteroatoms. The quantitative estimate of drug-likeness (QED) is 0.468. The number of hydrogen-bond donors (Lipinski definition) is 0. The van der Waals surface area contributed by atoms with Gasteiger partial charge in [-0.15, -0.1) is 0 Å². The Morgan fingerprint density at radius 1 is 0.963 bits per heavy atom. The van der Waals surface area contributed by atoms with Crippen LogP contribution in [0.25, 0.3) is 0 Å². The Morgan fingerprint density at radius 3 is 2.11 bits per heavy atom. The molecule has 1 heterocycles. The van der Waals surface area contributed by atoms with Gasteiger partial charge in [-0.05, 0) is 42.8 Å². The fourth-order valence-corrected chi connectivity index (χ4v) is 2.44. The number of nitrogens with zero attached hydrogens (tertiary/aromatic N) is 3. The van der Waals surface area contributed by atoms with Crippen LogP contribution in [-0.4, -0.2) is 15.9 Å². The van der Waals surface area contributed by atoms with Gasteiger partial charge in [-0.25, -0.2) is 9.97 Å². The molecule has 0 amide bonds. The molecule has 0 spiro atoms. The van der Waals surface area contributed by atoms with Crippen LogP contribution in [0.1, 0.15) is 31.9 Å². The summed E-state index contributed by atoms with van der Waals surface area (Å²) in [6, 6.07) is 17.5. The number of hydrogen-bond acceptors (Lipinski definition) is 5. The van der Waals surface area contributed by atoms with Gasteiger partial charge in [0.25, 0.3) is 0 Å². The van der Waals surface area contributed by atoms with Crippen LogP contribution in [0.15, 0.2) is 67.0 Å². The maximum absolute atomic E-state index is 11.0. The van der Waals surface area contributed by atoms with E-state index in [0.29, 0.717) is 18.2 Å². The highest BCUT2D eigenvalue weighted by Crippen LogP contribution is 2.25. The van der Waals surface area contributed by atoms with Crippen LogP contribution < -0.4 is 9.64 Å². The molecule has 5 nitrogen and oxygen atoms in total. The van der Waals surface area contributed by atoms with Crippen molar-refractivity contribution in [3.05, 3.63) is 78.1 Å². The van der Waals surface area contributed by atoms with Gasteiger partial charge in [0.15, 0.2) is 0 Å². The molecule has 1 aromatic heterocycles. The first-order valence-corrected chi connectivity index (χ1v) is 9.00. The summed E-state index contributed by atoms with van der Waals surface area (Å²) in [6.07, 6.45) is 3.46. The van der Waals surface area contributed by atoms with Crippen LogP contribution in [0.5, 0.6) is 5.75 Å². The van der Waals surface area contributed by atoms with E-state index in [-0.39, 0.29) is 5.97 Å². The lowest BCUT2D eigenvalue weighted by molar-refractivity contribution is -0.131. The van der Waals surface area contributed by atoms with Crippen LogP contribution >= 0.6 is 0 Å². The van der Waals surface area contributed by atoms with Crippen LogP contribution in [0, 0.1) is 6.92 Å². The zero-order valence-electron chi connectivity index (χ0n) is 16.2. The predicted octanol–water partition coefficient (Wildman–Crippen LogP) is 5.07. The minimum atomic E-state index is -0.327. The zero-order valence-corrected chi connectivity index (χ0v) is 16.2. The number of anilines is 2. The predicted molar refractivity (Wildman–Crippen MR) is 108 cm³/mol. The Labute approximate surface area is 160 Å². The highest BCUT2D eigenvalue weighted by molar-refractivity contribution is 5.69. The number of carbonyl (C=O) groups is 1. The molecule has 3 rings (SSSR count). The zero-order chi connectivity index (χ0) is 19.6. The number of carbonyl (C=O) groups excluding carboxylic acids is 1. The third-order valence-corrected chi connectivity index (χ3v) is 3.66. The van der Waals surface area contributed by atoms with Gasteiger partial charge in [0, 0.05) is 25.0 Å². The summed E-state index contributed by atoms with van der Waals surface area (Å²) in [5.41, 5.74) is 3.27. The summed E-state index contributed by atoms with van der Waals surface area (Å²) in [7, 11) is 0. The largest absolute Gasteiger partial charge is 0.427 e. The highest BCUT2D eigenvalue weighted by atomic mass is 16.5. The lowest BCUT2D eigenvalue weighted by atomic mass is 10.1. The molecule has 0 atom stereocenters. The number of esters is 1. The summed E-state index contributed by atoms with van der Waals surface area (Å²) < 4.78 is 5.08. The van der Waals surface area contributed by atoms with Crippen LogP contribution in [-0.2, 0) is 11.3 Å². The molecule has 0 aliphatic heterocycles. The summed E-state index contributed by atoms with van der Waals surface area (Å²) in [4.78, 5) is 21.8. The van der Waals surface area contributed by atoms with Crippen molar-refractivity contribution in [1.82, 2.24) is 9.97 Å². The van der Waals surface area contributed by atoms with E-state index < -0.39 is 0 Å². The van der Waals surface area contributed by atoms with Crippen LogP contribution in [0.4, 0.5) is 11.6 Å². The average molecular weight is 363 g/mol. The molecule has 0 fully saturated rings. The average Bonchev–Trinajstić information content (AvgIpc) is 2.70. The van der Waals surface area contributed by atoms with Crippen molar-refractivity contribution in [2.24, 2.45) is 0 Å². The number of rotatable bonds is 5. The van der Waals surface area contributed by atoms with E-state index in [1.54, 1.807) is 30.6 Å². The van der Waals surface area contributed by atoms with Gasteiger partial charge in [0.2, 0.25) is 5.95 Å². The van der Waals surface area contributed by atoms with Crippen LogP contribution in [0.2, 0.25) is 0 Å². The second kappa shape index (κ2) is 10.1. The molecule has 2 aromatic carbocycles. The fraction of sp³-hybridized carbons (Fsp3) is 0.227. The van der Waals surface area contributed by atoms with E-state index in [9.17, 15) is 4.79 Å². The molecule has 3 aromatic rings. The maximum Gasteiger partial charge on any atom is 0.308 e. The van der Waals surface area contributed by atoms with Gasteiger partial charge < -0.3 is 9.64 Å². The van der Waals surface area contributed by atoms with E-state index in [2.05, 4.69) is 41.2 Å². The third-order valence-electron chi connectivity index (χ3n) is 3.66. The molecule has 27 heavy (non-hydrogen) atoms. The topological polar surface area (TPSA) is 55.3 Å². The van der Waals surface area contributed by atoms with Crippen molar-refractivity contribution in [1.29, 1.82) is 0 Å². The molecular weight excluding hydrogens is 338 g/mol. The molecule has 140 valence electrons. The van der Waals surface area contributed by atoms with Crippen molar-refractivity contribution >= 4 is 17.6 Å². The van der Waals surface area contributed by atoms with Crippen molar-refractivity contribution in [2.75, 3.05) is 4.90 Å². The van der Waals surface area contributed by atoms with Gasteiger partial charge >= 0.3 is 5.97 Å². The minimum absolute atomic E-state index is 0.327. The lowest BCUT2D eigenvalue weighted by Gasteiger charge is -2.23. The number of aromatic nitrogens is 2. The molecule has 0 aliphatic carbocycles. The SMILES string of the molecule is CC.CC(=O)Oc1ccc(CN(c2ccc(C)cc2)c2ncccn2)cc1.